The Hall–Kier alpha value is -3.97. The Kier molecular flexibility index (Phi) is 5.98. The van der Waals surface area contributed by atoms with Crippen molar-refractivity contribution in [1.29, 1.82) is 0 Å². The third kappa shape index (κ3) is 4.49. The molecule has 1 heterocycles. The van der Waals surface area contributed by atoms with Gasteiger partial charge in [0.25, 0.3) is 0 Å². The Labute approximate surface area is 191 Å². The monoisotopic (exact) mass is 442 g/mol. The minimum absolute atomic E-state index is 0.318. The Balaban J connectivity index is 1.72. The van der Waals surface area contributed by atoms with Crippen LogP contribution in [0.15, 0.2) is 82.1 Å². The van der Waals surface area contributed by atoms with Crippen molar-refractivity contribution in [3.63, 3.8) is 0 Å². The van der Waals surface area contributed by atoms with Crippen LogP contribution < -0.4 is 21.6 Å². The number of nitrogens with one attached hydrogen (secondary N) is 1. The van der Waals surface area contributed by atoms with Crippen LogP contribution in [0.2, 0.25) is 0 Å². The second-order valence-electron chi connectivity index (χ2n) is 8.34. The molecule has 7 heteroatoms. The van der Waals surface area contributed by atoms with Crippen LogP contribution in [0.3, 0.4) is 0 Å². The lowest BCUT2D eigenvalue weighted by Gasteiger charge is -2.29. The van der Waals surface area contributed by atoms with Gasteiger partial charge in [-0.3, -0.25) is 4.79 Å². The number of carbonyl (C=O) groups excluding carboxylic acids is 1. The number of nitrogens with zero attached hydrogens (tertiary/aromatic N) is 2. The highest BCUT2D eigenvalue weighted by Gasteiger charge is 2.36. The van der Waals surface area contributed by atoms with Crippen molar-refractivity contribution >= 4 is 28.1 Å². The molecule has 3 aromatic carbocycles. The minimum Gasteiger partial charge on any atom is -0.378 e. The zero-order chi connectivity index (χ0) is 23.6. The molecule has 4 aromatic rings. The van der Waals surface area contributed by atoms with Crippen molar-refractivity contribution in [3.05, 3.63) is 100 Å². The number of fused-ring (bicyclic) bond motifs is 1. The normalized spacial score (nSPS) is 12.8. The average molecular weight is 443 g/mol. The zero-order valence-electron chi connectivity index (χ0n) is 18.8. The van der Waals surface area contributed by atoms with Gasteiger partial charge in [-0.05, 0) is 48.4 Å². The lowest BCUT2D eigenvalue weighted by atomic mass is 9.83. The van der Waals surface area contributed by atoms with Crippen molar-refractivity contribution in [2.45, 2.75) is 18.9 Å². The van der Waals surface area contributed by atoms with Crippen molar-refractivity contribution in [2.75, 3.05) is 24.3 Å². The summed E-state index contributed by atoms with van der Waals surface area (Å²) in [5.74, 6) is -0.350. The maximum Gasteiger partial charge on any atom is 0.366 e. The van der Waals surface area contributed by atoms with Crippen LogP contribution in [0.5, 0.6) is 0 Å². The van der Waals surface area contributed by atoms with Crippen molar-refractivity contribution in [1.82, 2.24) is 5.16 Å². The number of aryl methyl sites for hydroxylation is 1. The van der Waals surface area contributed by atoms with Crippen LogP contribution in [-0.4, -0.2) is 25.2 Å². The number of anilines is 2. The van der Waals surface area contributed by atoms with Gasteiger partial charge in [-0.1, -0.05) is 47.6 Å². The molecule has 0 aliphatic heterocycles. The number of nitrogens with two attached hydrogens (primary N) is 1. The highest BCUT2D eigenvalue weighted by Crippen LogP contribution is 2.28. The highest BCUT2D eigenvalue weighted by molar-refractivity contribution is 6.00. The Morgan fingerprint density at radius 2 is 1.73 bits per heavy atom. The van der Waals surface area contributed by atoms with Crippen LogP contribution in [-0.2, 0) is 16.8 Å². The Morgan fingerprint density at radius 1 is 1.03 bits per heavy atom. The van der Waals surface area contributed by atoms with Crippen molar-refractivity contribution < 1.29 is 9.32 Å². The van der Waals surface area contributed by atoms with Crippen LogP contribution in [0, 0.1) is 6.92 Å². The maximum absolute atomic E-state index is 13.6. The molecule has 1 amide bonds. The summed E-state index contributed by atoms with van der Waals surface area (Å²) in [5, 5.41) is 7.74. The summed E-state index contributed by atoms with van der Waals surface area (Å²) in [4.78, 5) is 27.5. The molecule has 0 bridgehead atoms. The summed E-state index contributed by atoms with van der Waals surface area (Å²) >= 11 is 0. The van der Waals surface area contributed by atoms with E-state index in [0.717, 1.165) is 11.3 Å². The van der Waals surface area contributed by atoms with Gasteiger partial charge in [-0.25, -0.2) is 4.79 Å². The molecule has 0 spiro atoms. The number of amides is 1. The fourth-order valence-electron chi connectivity index (χ4n) is 3.84. The molecule has 0 saturated carbocycles. The van der Waals surface area contributed by atoms with Gasteiger partial charge >= 0.3 is 5.63 Å². The molecule has 0 saturated heterocycles. The summed E-state index contributed by atoms with van der Waals surface area (Å²) < 4.78 is 4.78. The van der Waals surface area contributed by atoms with Gasteiger partial charge in [0.05, 0.1) is 11.1 Å². The standard InChI is InChI=1S/C26H26N4O3/c1-17-23-15-20(11-14-22(23)24(31)33-29-17)28-25(32)26(27,16-18-7-5-4-6-8-18)19-9-12-21(13-10-19)30(2)3/h4-15H,16,27H2,1-3H3,(H,28,32). The van der Waals surface area contributed by atoms with Gasteiger partial charge in [0.2, 0.25) is 5.91 Å². The highest BCUT2D eigenvalue weighted by atomic mass is 16.5. The first-order valence-electron chi connectivity index (χ1n) is 10.6. The zero-order valence-corrected chi connectivity index (χ0v) is 18.8. The molecule has 0 radical (unpaired) electrons. The number of benzene rings is 3. The predicted molar refractivity (Wildman–Crippen MR) is 130 cm³/mol. The molecule has 168 valence electrons. The molecule has 1 atom stereocenters. The number of rotatable bonds is 6. The first kappa shape index (κ1) is 22.2. The van der Waals surface area contributed by atoms with Gasteiger partial charge in [0.15, 0.2) is 0 Å². The summed E-state index contributed by atoms with van der Waals surface area (Å²) in [7, 11) is 3.91. The molecule has 1 aromatic heterocycles. The summed E-state index contributed by atoms with van der Waals surface area (Å²) in [6, 6.07) is 22.3. The number of aromatic nitrogens is 1. The number of hydrogen-bond acceptors (Lipinski definition) is 6. The van der Waals surface area contributed by atoms with Crippen LogP contribution in [0.4, 0.5) is 11.4 Å². The lowest BCUT2D eigenvalue weighted by Crippen LogP contribution is -2.50. The molecular formula is C26H26N4O3. The molecule has 0 aliphatic carbocycles. The molecule has 1 unspecified atom stereocenters. The quantitative estimate of drug-likeness (QED) is 0.473. The first-order valence-corrected chi connectivity index (χ1v) is 10.6. The van der Waals surface area contributed by atoms with E-state index in [1.54, 1.807) is 25.1 Å². The van der Waals surface area contributed by atoms with Crippen LogP contribution >= 0.6 is 0 Å². The molecule has 7 nitrogen and oxygen atoms in total. The molecule has 0 aliphatic rings. The van der Waals surface area contributed by atoms with E-state index >= 15 is 0 Å². The van der Waals surface area contributed by atoms with Crippen LogP contribution in [0.25, 0.3) is 10.8 Å². The topological polar surface area (TPSA) is 101 Å². The van der Waals surface area contributed by atoms with E-state index in [9.17, 15) is 9.59 Å². The molecule has 3 N–H and O–H groups in total. The van der Waals surface area contributed by atoms with Gasteiger partial charge in [0.1, 0.15) is 5.54 Å². The third-order valence-corrected chi connectivity index (χ3v) is 5.78. The molecule has 33 heavy (non-hydrogen) atoms. The van der Waals surface area contributed by atoms with E-state index in [0.29, 0.717) is 34.1 Å². The first-order chi connectivity index (χ1) is 15.8. The second kappa shape index (κ2) is 8.88. The SMILES string of the molecule is Cc1noc(=O)c2ccc(NC(=O)C(N)(Cc3ccccc3)c3ccc(N(C)C)cc3)cc12. The molecule has 0 fully saturated rings. The maximum atomic E-state index is 13.6. The number of carbonyl (C=O) groups is 1. The Bertz CT molecular complexity index is 1350. The fraction of sp³-hybridized carbons (Fsp3) is 0.192. The van der Waals surface area contributed by atoms with E-state index in [1.807, 2.05) is 73.6 Å². The van der Waals surface area contributed by atoms with Gasteiger partial charge < -0.3 is 20.5 Å². The van der Waals surface area contributed by atoms with Crippen LogP contribution in [0.1, 0.15) is 16.8 Å². The summed E-state index contributed by atoms with van der Waals surface area (Å²) in [6.07, 6.45) is 0.318. The Morgan fingerprint density at radius 3 is 2.39 bits per heavy atom. The predicted octanol–water partition coefficient (Wildman–Crippen LogP) is 3.60. The summed E-state index contributed by atoms with van der Waals surface area (Å²) in [6.45, 7) is 1.74. The van der Waals surface area contributed by atoms with Gasteiger partial charge in [-0.15, -0.1) is 0 Å². The third-order valence-electron chi connectivity index (χ3n) is 5.78. The second-order valence-corrected chi connectivity index (χ2v) is 8.34. The fourth-order valence-corrected chi connectivity index (χ4v) is 3.84. The van der Waals surface area contributed by atoms with Crippen molar-refractivity contribution in [2.24, 2.45) is 5.73 Å². The van der Waals surface area contributed by atoms with E-state index in [4.69, 9.17) is 10.3 Å². The van der Waals surface area contributed by atoms with Crippen molar-refractivity contribution in [3.8, 4) is 0 Å². The smallest absolute Gasteiger partial charge is 0.366 e. The van der Waals surface area contributed by atoms with E-state index in [1.165, 1.54) is 0 Å². The number of hydrogen-bond donors (Lipinski definition) is 2. The molecule has 4 rings (SSSR count). The summed E-state index contributed by atoms with van der Waals surface area (Å²) in [5.41, 5.74) is 8.74. The minimum atomic E-state index is -1.32. The van der Waals surface area contributed by atoms with Gasteiger partial charge in [0, 0.05) is 37.3 Å². The lowest BCUT2D eigenvalue weighted by molar-refractivity contribution is -0.121. The van der Waals surface area contributed by atoms with E-state index < -0.39 is 11.2 Å². The largest absolute Gasteiger partial charge is 0.378 e. The van der Waals surface area contributed by atoms with Gasteiger partial charge in [-0.2, -0.15) is 0 Å². The molecular weight excluding hydrogens is 416 g/mol. The van der Waals surface area contributed by atoms with E-state index in [2.05, 4.69) is 10.5 Å². The van der Waals surface area contributed by atoms with E-state index in [-0.39, 0.29) is 5.91 Å². The average Bonchev–Trinajstić information content (AvgIpc) is 2.82.